The highest BCUT2D eigenvalue weighted by Crippen LogP contribution is 2.26. The molecule has 4 nitrogen and oxygen atoms in total. The molecule has 0 bridgehead atoms. The summed E-state index contributed by atoms with van der Waals surface area (Å²) in [6.07, 6.45) is 1.92. The Morgan fingerprint density at radius 1 is 1.39 bits per heavy atom. The van der Waals surface area contributed by atoms with E-state index in [0.717, 1.165) is 19.4 Å². The fourth-order valence-electron chi connectivity index (χ4n) is 3.15. The van der Waals surface area contributed by atoms with Gasteiger partial charge >= 0.3 is 0 Å². The van der Waals surface area contributed by atoms with Crippen LogP contribution in [0, 0.1) is 11.6 Å². The summed E-state index contributed by atoms with van der Waals surface area (Å²) in [5, 5.41) is 12.8. The molecular weight excluding hydrogens is 302 g/mol. The van der Waals surface area contributed by atoms with Crippen LogP contribution in [-0.4, -0.2) is 47.2 Å². The maximum atomic E-state index is 13.5. The van der Waals surface area contributed by atoms with Gasteiger partial charge in [-0.25, -0.2) is 8.78 Å². The van der Waals surface area contributed by atoms with Crippen molar-refractivity contribution in [2.24, 2.45) is 0 Å². The smallest absolute Gasteiger partial charge is 0.234 e. The molecular formula is C17H24F2N2O2. The lowest BCUT2D eigenvalue weighted by Crippen LogP contribution is -2.49. The molecule has 1 unspecified atom stereocenters. The van der Waals surface area contributed by atoms with Gasteiger partial charge < -0.3 is 10.4 Å². The number of nitrogens with one attached hydrogen (secondary N) is 1. The molecule has 0 aromatic heterocycles. The van der Waals surface area contributed by atoms with Gasteiger partial charge in [-0.1, -0.05) is 6.07 Å². The Morgan fingerprint density at radius 3 is 2.65 bits per heavy atom. The highest BCUT2D eigenvalue weighted by atomic mass is 19.1. The molecule has 1 atom stereocenters. The SMILES string of the molecule is CC(C)(O)C1CCCN1CC(=O)NCCc1c(F)cccc1F. The first-order chi connectivity index (χ1) is 10.8. The van der Waals surface area contributed by atoms with Crippen molar-refractivity contribution in [1.82, 2.24) is 10.2 Å². The van der Waals surface area contributed by atoms with Gasteiger partial charge in [0.25, 0.3) is 0 Å². The molecule has 1 aliphatic heterocycles. The second-order valence-electron chi connectivity index (χ2n) is 6.58. The Balaban J connectivity index is 1.82. The summed E-state index contributed by atoms with van der Waals surface area (Å²) < 4.78 is 27.0. The quantitative estimate of drug-likeness (QED) is 0.839. The first-order valence-corrected chi connectivity index (χ1v) is 7.95. The molecule has 1 aliphatic rings. The number of halogens is 2. The summed E-state index contributed by atoms with van der Waals surface area (Å²) in [5.41, 5.74) is -0.865. The van der Waals surface area contributed by atoms with Crippen LogP contribution in [0.5, 0.6) is 0 Å². The molecule has 0 aliphatic carbocycles. The highest BCUT2D eigenvalue weighted by Gasteiger charge is 2.36. The monoisotopic (exact) mass is 326 g/mol. The van der Waals surface area contributed by atoms with Crippen LogP contribution in [-0.2, 0) is 11.2 Å². The molecule has 128 valence electrons. The Labute approximate surface area is 135 Å². The van der Waals surface area contributed by atoms with E-state index in [-0.39, 0.29) is 37.0 Å². The molecule has 23 heavy (non-hydrogen) atoms. The van der Waals surface area contributed by atoms with Crippen LogP contribution in [0.15, 0.2) is 18.2 Å². The topological polar surface area (TPSA) is 52.6 Å². The molecule has 1 aromatic carbocycles. The number of aliphatic hydroxyl groups is 1. The largest absolute Gasteiger partial charge is 0.389 e. The summed E-state index contributed by atoms with van der Waals surface area (Å²) in [4.78, 5) is 14.0. The normalized spacial score (nSPS) is 19.1. The summed E-state index contributed by atoms with van der Waals surface area (Å²) in [7, 11) is 0. The number of carbonyl (C=O) groups is 1. The number of hydrogen-bond acceptors (Lipinski definition) is 3. The van der Waals surface area contributed by atoms with E-state index < -0.39 is 17.2 Å². The van der Waals surface area contributed by atoms with Crippen LogP contribution in [0.2, 0.25) is 0 Å². The minimum Gasteiger partial charge on any atom is -0.389 e. The Bertz CT molecular complexity index is 538. The van der Waals surface area contributed by atoms with Crippen molar-refractivity contribution in [2.75, 3.05) is 19.6 Å². The molecule has 1 heterocycles. The van der Waals surface area contributed by atoms with Crippen LogP contribution in [0.3, 0.4) is 0 Å². The Hall–Kier alpha value is -1.53. The lowest BCUT2D eigenvalue weighted by molar-refractivity contribution is -0.123. The number of nitrogens with zero attached hydrogens (tertiary/aromatic N) is 1. The average Bonchev–Trinajstić information content (AvgIpc) is 2.90. The van der Waals surface area contributed by atoms with Gasteiger partial charge in [0.15, 0.2) is 0 Å². The van der Waals surface area contributed by atoms with Gasteiger partial charge in [-0.2, -0.15) is 0 Å². The standard InChI is InChI=1S/C17H24F2N2O2/c1-17(2,23)15-7-4-10-21(15)11-16(22)20-9-8-12-13(18)5-3-6-14(12)19/h3,5-6,15,23H,4,7-11H2,1-2H3,(H,20,22). The van der Waals surface area contributed by atoms with Crippen LogP contribution in [0.1, 0.15) is 32.3 Å². The first kappa shape index (κ1) is 17.8. The van der Waals surface area contributed by atoms with Crippen LogP contribution < -0.4 is 5.32 Å². The van der Waals surface area contributed by atoms with E-state index in [1.807, 2.05) is 4.90 Å². The van der Waals surface area contributed by atoms with Gasteiger partial charge in [-0.05, 0) is 51.8 Å². The third-order valence-corrected chi connectivity index (χ3v) is 4.28. The van der Waals surface area contributed by atoms with Crippen LogP contribution in [0.4, 0.5) is 8.78 Å². The highest BCUT2D eigenvalue weighted by molar-refractivity contribution is 5.78. The first-order valence-electron chi connectivity index (χ1n) is 7.95. The maximum absolute atomic E-state index is 13.5. The van der Waals surface area contributed by atoms with Crippen LogP contribution >= 0.6 is 0 Å². The van der Waals surface area contributed by atoms with E-state index >= 15 is 0 Å². The lowest BCUT2D eigenvalue weighted by Gasteiger charge is -2.33. The lowest BCUT2D eigenvalue weighted by atomic mass is 9.97. The summed E-state index contributed by atoms with van der Waals surface area (Å²) >= 11 is 0. The number of amides is 1. The fourth-order valence-corrected chi connectivity index (χ4v) is 3.15. The Morgan fingerprint density at radius 2 is 2.04 bits per heavy atom. The van der Waals surface area contributed by atoms with E-state index in [0.29, 0.717) is 0 Å². The zero-order chi connectivity index (χ0) is 17.0. The van der Waals surface area contributed by atoms with E-state index in [1.54, 1.807) is 13.8 Å². The molecule has 1 fully saturated rings. The van der Waals surface area contributed by atoms with E-state index in [1.165, 1.54) is 18.2 Å². The molecule has 1 amide bonds. The summed E-state index contributed by atoms with van der Waals surface area (Å²) in [6, 6.07) is 3.69. The van der Waals surface area contributed by atoms with E-state index in [4.69, 9.17) is 0 Å². The zero-order valence-electron chi connectivity index (χ0n) is 13.6. The van der Waals surface area contributed by atoms with E-state index in [9.17, 15) is 18.7 Å². The van der Waals surface area contributed by atoms with Crippen molar-refractivity contribution in [2.45, 2.75) is 44.8 Å². The second kappa shape index (κ2) is 7.36. The third-order valence-electron chi connectivity index (χ3n) is 4.28. The van der Waals surface area contributed by atoms with Crippen molar-refractivity contribution in [3.05, 3.63) is 35.4 Å². The molecule has 0 spiro atoms. The average molecular weight is 326 g/mol. The minimum absolute atomic E-state index is 0.0108. The molecule has 1 saturated heterocycles. The maximum Gasteiger partial charge on any atom is 0.234 e. The van der Waals surface area contributed by atoms with E-state index in [2.05, 4.69) is 5.32 Å². The molecule has 1 aromatic rings. The van der Waals surface area contributed by atoms with Crippen molar-refractivity contribution in [3.8, 4) is 0 Å². The number of benzene rings is 1. The second-order valence-corrected chi connectivity index (χ2v) is 6.58. The fraction of sp³-hybridized carbons (Fsp3) is 0.588. The summed E-state index contributed by atoms with van der Waals surface area (Å²) in [6.45, 7) is 4.62. The molecule has 6 heteroatoms. The number of carbonyl (C=O) groups excluding carboxylic acids is 1. The molecule has 0 radical (unpaired) electrons. The number of likely N-dealkylation sites (tertiary alicyclic amines) is 1. The van der Waals surface area contributed by atoms with Gasteiger partial charge in [0.2, 0.25) is 5.91 Å². The van der Waals surface area contributed by atoms with Gasteiger partial charge in [-0.15, -0.1) is 0 Å². The molecule has 2 N–H and O–H groups in total. The Kier molecular flexibility index (Phi) is 5.70. The van der Waals surface area contributed by atoms with Gasteiger partial charge in [0, 0.05) is 18.2 Å². The van der Waals surface area contributed by atoms with Gasteiger partial charge in [-0.3, -0.25) is 9.69 Å². The van der Waals surface area contributed by atoms with Crippen molar-refractivity contribution in [1.29, 1.82) is 0 Å². The van der Waals surface area contributed by atoms with Gasteiger partial charge in [0.1, 0.15) is 11.6 Å². The molecule has 0 saturated carbocycles. The van der Waals surface area contributed by atoms with Crippen molar-refractivity contribution in [3.63, 3.8) is 0 Å². The number of hydrogen-bond donors (Lipinski definition) is 2. The van der Waals surface area contributed by atoms with Crippen molar-refractivity contribution >= 4 is 5.91 Å². The molecule has 2 rings (SSSR count). The predicted molar refractivity (Wildman–Crippen MR) is 84.0 cm³/mol. The zero-order valence-corrected chi connectivity index (χ0v) is 13.6. The number of rotatable bonds is 6. The summed E-state index contributed by atoms with van der Waals surface area (Å²) in [5.74, 6) is -1.39. The predicted octanol–water partition coefficient (Wildman–Crippen LogP) is 1.86. The van der Waals surface area contributed by atoms with Gasteiger partial charge in [0.05, 0.1) is 12.1 Å². The minimum atomic E-state index is -0.854. The van der Waals surface area contributed by atoms with Crippen LogP contribution in [0.25, 0.3) is 0 Å². The third kappa shape index (κ3) is 4.72. The van der Waals surface area contributed by atoms with Crippen molar-refractivity contribution < 1.29 is 18.7 Å².